The van der Waals surface area contributed by atoms with Crippen LogP contribution in [-0.2, 0) is 0 Å². The molecule has 2 atom stereocenters. The minimum absolute atomic E-state index is 0.766. The van der Waals surface area contributed by atoms with Gasteiger partial charge in [-0.25, -0.2) is 5.32 Å². The molecule has 2 aliphatic rings. The van der Waals surface area contributed by atoms with Gasteiger partial charge >= 0.3 is 0 Å². The summed E-state index contributed by atoms with van der Waals surface area (Å²) in [6.45, 7) is 16.4. The number of piperazine rings is 2. The lowest BCUT2D eigenvalue weighted by molar-refractivity contribution is 0.148. The van der Waals surface area contributed by atoms with E-state index in [1.54, 1.807) is 0 Å². The van der Waals surface area contributed by atoms with Crippen molar-refractivity contribution in [2.24, 2.45) is 0 Å². The molecule has 27 heavy (non-hydrogen) atoms. The van der Waals surface area contributed by atoms with E-state index in [2.05, 4.69) is 34.3 Å². The van der Waals surface area contributed by atoms with Crippen molar-refractivity contribution >= 4 is 0 Å². The van der Waals surface area contributed by atoms with E-state index >= 15 is 0 Å². The van der Waals surface area contributed by atoms with Crippen LogP contribution in [0.2, 0.25) is 0 Å². The van der Waals surface area contributed by atoms with Crippen LogP contribution >= 0.6 is 0 Å². The monoisotopic (exact) mass is 380 g/mol. The van der Waals surface area contributed by atoms with Gasteiger partial charge in [-0.3, -0.25) is 9.80 Å². The number of rotatable bonds is 14. The van der Waals surface area contributed by atoms with E-state index < -0.39 is 0 Å². The van der Waals surface area contributed by atoms with E-state index in [0.29, 0.717) is 0 Å². The maximum atomic E-state index is 4.79. The fourth-order valence-electron chi connectivity index (χ4n) is 4.62. The average molecular weight is 381 g/mol. The molecule has 0 bridgehead atoms. The van der Waals surface area contributed by atoms with Crippen molar-refractivity contribution in [3.8, 4) is 0 Å². The second-order valence-electron chi connectivity index (χ2n) is 8.45. The van der Waals surface area contributed by atoms with Gasteiger partial charge in [-0.1, -0.05) is 26.7 Å². The highest BCUT2D eigenvalue weighted by atomic mass is 15.2. The Kier molecular flexibility index (Phi) is 12.6. The third-order valence-electron chi connectivity index (χ3n) is 6.21. The van der Waals surface area contributed by atoms with E-state index in [0.717, 1.165) is 38.3 Å². The maximum absolute atomic E-state index is 4.79. The molecular formula is C22H46N5. The second-order valence-corrected chi connectivity index (χ2v) is 8.45. The van der Waals surface area contributed by atoms with Crippen LogP contribution < -0.4 is 16.0 Å². The van der Waals surface area contributed by atoms with Gasteiger partial charge in [0.15, 0.2) is 0 Å². The van der Waals surface area contributed by atoms with Gasteiger partial charge in [-0.2, -0.15) is 0 Å². The van der Waals surface area contributed by atoms with Crippen molar-refractivity contribution in [2.45, 2.75) is 77.3 Å². The quantitative estimate of drug-likeness (QED) is 0.454. The first-order chi connectivity index (χ1) is 13.3. The van der Waals surface area contributed by atoms with Gasteiger partial charge < -0.3 is 10.6 Å². The zero-order valence-electron chi connectivity index (χ0n) is 18.2. The van der Waals surface area contributed by atoms with Crippen LogP contribution in [-0.4, -0.2) is 87.3 Å². The van der Waals surface area contributed by atoms with E-state index in [9.17, 15) is 0 Å². The molecule has 0 aromatic carbocycles. The van der Waals surface area contributed by atoms with E-state index in [-0.39, 0.29) is 0 Å². The normalized spacial score (nSPS) is 25.1. The molecule has 159 valence electrons. The molecule has 5 nitrogen and oxygen atoms in total. The van der Waals surface area contributed by atoms with Gasteiger partial charge in [0.2, 0.25) is 0 Å². The molecule has 2 heterocycles. The number of nitrogens with one attached hydrogen (secondary N) is 2. The summed E-state index contributed by atoms with van der Waals surface area (Å²) in [5.41, 5.74) is 0. The topological polar surface area (TPSA) is 44.6 Å². The summed E-state index contributed by atoms with van der Waals surface area (Å²) in [7, 11) is 0. The summed E-state index contributed by atoms with van der Waals surface area (Å²) in [5, 5.41) is 11.9. The predicted molar refractivity (Wildman–Crippen MR) is 117 cm³/mol. The van der Waals surface area contributed by atoms with Crippen LogP contribution in [0.25, 0.3) is 0 Å². The molecule has 2 rings (SSSR count). The number of hydrogen-bond acceptors (Lipinski definition) is 4. The minimum atomic E-state index is 0.766. The van der Waals surface area contributed by atoms with Crippen molar-refractivity contribution < 1.29 is 0 Å². The first-order valence-corrected chi connectivity index (χ1v) is 11.9. The maximum Gasteiger partial charge on any atom is 0.0221 e. The fraction of sp³-hybridized carbons (Fsp3) is 1.00. The Balaban J connectivity index is 1.43. The third-order valence-corrected chi connectivity index (χ3v) is 6.21. The lowest BCUT2D eigenvalue weighted by Crippen LogP contribution is -2.51. The van der Waals surface area contributed by atoms with Gasteiger partial charge in [-0.05, 0) is 51.6 Å². The zero-order chi connectivity index (χ0) is 19.2. The number of unbranched alkanes of at least 4 members (excludes halogenated alkanes) is 2. The Morgan fingerprint density at radius 2 is 1.22 bits per heavy atom. The van der Waals surface area contributed by atoms with Crippen LogP contribution in [0.15, 0.2) is 0 Å². The molecule has 1 radical (unpaired) electrons. The standard InChI is InChI=1S/C22H46N5/c1-3-9-21-19-24-13-17-26(21)15-7-5-11-23-12-6-8-16-27-18-14-25-20-22(27)10-4-2/h21-22,24-25H,3-20H2,1-2H3. The Morgan fingerprint density at radius 3 is 1.67 bits per heavy atom. The largest absolute Gasteiger partial charge is 0.314 e. The van der Waals surface area contributed by atoms with E-state index in [1.807, 2.05) is 0 Å². The highest BCUT2D eigenvalue weighted by molar-refractivity contribution is 4.80. The third kappa shape index (κ3) is 9.23. The lowest BCUT2D eigenvalue weighted by Gasteiger charge is -2.36. The van der Waals surface area contributed by atoms with Gasteiger partial charge in [0.05, 0.1) is 0 Å². The van der Waals surface area contributed by atoms with Gasteiger partial charge in [0.25, 0.3) is 0 Å². The molecule has 2 saturated heterocycles. The molecule has 2 unspecified atom stereocenters. The fourth-order valence-corrected chi connectivity index (χ4v) is 4.62. The predicted octanol–water partition coefficient (Wildman–Crippen LogP) is 2.30. The smallest absolute Gasteiger partial charge is 0.0221 e. The Morgan fingerprint density at radius 1 is 0.741 bits per heavy atom. The molecule has 0 aromatic heterocycles. The zero-order valence-corrected chi connectivity index (χ0v) is 18.2. The number of hydrogen-bond donors (Lipinski definition) is 2. The second kappa shape index (κ2) is 14.7. The summed E-state index contributed by atoms with van der Waals surface area (Å²) >= 11 is 0. The van der Waals surface area contributed by atoms with Crippen molar-refractivity contribution in [1.29, 1.82) is 0 Å². The summed E-state index contributed by atoms with van der Waals surface area (Å²) < 4.78 is 0. The molecule has 0 saturated carbocycles. The Hall–Kier alpha value is -0.200. The summed E-state index contributed by atoms with van der Waals surface area (Å²) in [4.78, 5) is 5.42. The van der Waals surface area contributed by atoms with Crippen molar-refractivity contribution in [3.05, 3.63) is 0 Å². The summed E-state index contributed by atoms with van der Waals surface area (Å²) in [5.74, 6) is 0. The molecule has 2 aliphatic heterocycles. The molecule has 0 aromatic rings. The highest BCUT2D eigenvalue weighted by Crippen LogP contribution is 2.11. The van der Waals surface area contributed by atoms with Crippen LogP contribution in [0, 0.1) is 0 Å². The SMILES string of the molecule is CCCC1CNCCN1CCCC[N]CCCCN1CCNCC1CCC. The molecule has 0 amide bonds. The lowest BCUT2D eigenvalue weighted by atomic mass is 10.1. The van der Waals surface area contributed by atoms with Crippen LogP contribution in [0.5, 0.6) is 0 Å². The summed E-state index contributed by atoms with van der Waals surface area (Å²) in [6.07, 6.45) is 10.4. The van der Waals surface area contributed by atoms with Crippen molar-refractivity contribution in [3.63, 3.8) is 0 Å². The average Bonchev–Trinajstić information content (AvgIpc) is 2.69. The summed E-state index contributed by atoms with van der Waals surface area (Å²) in [6, 6.07) is 1.53. The van der Waals surface area contributed by atoms with Crippen LogP contribution in [0.1, 0.15) is 65.2 Å². The van der Waals surface area contributed by atoms with Gasteiger partial charge in [0.1, 0.15) is 0 Å². The Labute approximate surface area is 169 Å². The van der Waals surface area contributed by atoms with Crippen LogP contribution in [0.3, 0.4) is 0 Å². The molecule has 0 spiro atoms. The molecule has 5 heteroatoms. The molecule has 2 N–H and O–H groups in total. The van der Waals surface area contributed by atoms with Crippen molar-refractivity contribution in [2.75, 3.05) is 65.4 Å². The van der Waals surface area contributed by atoms with Crippen LogP contribution in [0.4, 0.5) is 0 Å². The first-order valence-electron chi connectivity index (χ1n) is 11.9. The van der Waals surface area contributed by atoms with E-state index in [4.69, 9.17) is 5.32 Å². The number of nitrogens with zero attached hydrogens (tertiary/aromatic N) is 3. The van der Waals surface area contributed by atoms with Gasteiger partial charge in [-0.15, -0.1) is 0 Å². The van der Waals surface area contributed by atoms with Crippen molar-refractivity contribution in [1.82, 2.24) is 25.8 Å². The first kappa shape index (κ1) is 23.1. The Bertz CT molecular complexity index is 316. The minimum Gasteiger partial charge on any atom is -0.314 e. The van der Waals surface area contributed by atoms with Gasteiger partial charge in [0, 0.05) is 64.4 Å². The molecule has 2 fully saturated rings. The molecular weight excluding hydrogens is 334 g/mol. The van der Waals surface area contributed by atoms with E-state index in [1.165, 1.54) is 90.6 Å². The molecule has 0 aliphatic carbocycles. The highest BCUT2D eigenvalue weighted by Gasteiger charge is 2.21.